The number of nitrogens with zero attached hydrogens (tertiary/aromatic N) is 2. The van der Waals surface area contributed by atoms with Crippen molar-refractivity contribution >= 4 is 28.6 Å². The Morgan fingerprint density at radius 2 is 1.90 bits per heavy atom. The lowest BCUT2D eigenvalue weighted by molar-refractivity contribution is 0.621. The fourth-order valence-corrected chi connectivity index (χ4v) is 2.55. The first-order chi connectivity index (χ1) is 9.56. The first-order valence-corrected chi connectivity index (χ1v) is 6.62. The summed E-state index contributed by atoms with van der Waals surface area (Å²) in [6, 6.07) is 11.8. The summed E-state index contributed by atoms with van der Waals surface area (Å²) in [7, 11) is 0. The number of nitrogen functional groups attached to an aromatic ring is 1. The standard InChI is InChI=1S/C15H13ClFN3/c1-9(10-2-5-12(17)6-3-10)20-14-8-11(16)4-7-13(14)19-15(20)18/h2-9H,1H3,(H2,18,19). The van der Waals surface area contributed by atoms with Crippen LogP contribution in [0.1, 0.15) is 18.5 Å². The van der Waals surface area contributed by atoms with E-state index in [1.807, 2.05) is 23.6 Å². The fourth-order valence-electron chi connectivity index (χ4n) is 2.38. The number of hydrogen-bond donors (Lipinski definition) is 1. The van der Waals surface area contributed by atoms with Crippen LogP contribution in [0.4, 0.5) is 10.3 Å². The van der Waals surface area contributed by atoms with Crippen molar-refractivity contribution in [3.8, 4) is 0 Å². The van der Waals surface area contributed by atoms with Gasteiger partial charge in [0.15, 0.2) is 0 Å². The van der Waals surface area contributed by atoms with Crippen molar-refractivity contribution in [2.24, 2.45) is 0 Å². The summed E-state index contributed by atoms with van der Waals surface area (Å²) in [5.74, 6) is 0.159. The molecule has 0 spiro atoms. The number of fused-ring (bicyclic) bond motifs is 1. The van der Waals surface area contributed by atoms with Gasteiger partial charge in [0.1, 0.15) is 5.82 Å². The van der Waals surface area contributed by atoms with E-state index >= 15 is 0 Å². The van der Waals surface area contributed by atoms with Crippen molar-refractivity contribution in [3.05, 3.63) is 58.9 Å². The average Bonchev–Trinajstić information content (AvgIpc) is 2.74. The van der Waals surface area contributed by atoms with E-state index in [1.165, 1.54) is 12.1 Å². The van der Waals surface area contributed by atoms with E-state index in [2.05, 4.69) is 4.98 Å². The molecule has 3 nitrogen and oxygen atoms in total. The van der Waals surface area contributed by atoms with Crippen molar-refractivity contribution in [1.82, 2.24) is 9.55 Å². The maximum absolute atomic E-state index is 13.0. The van der Waals surface area contributed by atoms with Crippen LogP contribution in [0.25, 0.3) is 11.0 Å². The SMILES string of the molecule is CC(c1ccc(F)cc1)n1c(N)nc2ccc(Cl)cc21. The third-order valence-electron chi connectivity index (χ3n) is 3.42. The lowest BCUT2D eigenvalue weighted by Gasteiger charge is -2.16. The van der Waals surface area contributed by atoms with Crippen LogP contribution in [0.2, 0.25) is 5.02 Å². The molecule has 3 rings (SSSR count). The number of aromatic nitrogens is 2. The van der Waals surface area contributed by atoms with E-state index in [0.717, 1.165) is 16.6 Å². The molecule has 0 aliphatic carbocycles. The second-order valence-corrected chi connectivity index (χ2v) is 5.14. The second-order valence-electron chi connectivity index (χ2n) is 4.70. The van der Waals surface area contributed by atoms with Crippen molar-refractivity contribution < 1.29 is 4.39 Å². The maximum atomic E-state index is 13.0. The van der Waals surface area contributed by atoms with Gasteiger partial charge in [-0.1, -0.05) is 23.7 Å². The van der Waals surface area contributed by atoms with Crippen molar-refractivity contribution in [2.75, 3.05) is 5.73 Å². The molecule has 2 N–H and O–H groups in total. The van der Waals surface area contributed by atoms with Crippen LogP contribution >= 0.6 is 11.6 Å². The number of hydrogen-bond acceptors (Lipinski definition) is 2. The Morgan fingerprint density at radius 1 is 1.20 bits per heavy atom. The summed E-state index contributed by atoms with van der Waals surface area (Å²) in [6.45, 7) is 1.99. The summed E-state index contributed by atoms with van der Waals surface area (Å²) >= 11 is 6.04. The Balaban J connectivity index is 2.15. The Bertz CT molecular complexity index is 765. The first kappa shape index (κ1) is 12.9. The van der Waals surface area contributed by atoms with E-state index < -0.39 is 0 Å². The molecule has 0 amide bonds. The van der Waals surface area contributed by atoms with Gasteiger partial charge in [0, 0.05) is 5.02 Å². The molecule has 0 saturated carbocycles. The summed E-state index contributed by atoms with van der Waals surface area (Å²) in [4.78, 5) is 4.33. The Labute approximate surface area is 120 Å². The molecule has 1 unspecified atom stereocenters. The first-order valence-electron chi connectivity index (χ1n) is 6.24. The molecule has 2 aromatic carbocycles. The topological polar surface area (TPSA) is 43.8 Å². The minimum Gasteiger partial charge on any atom is -0.369 e. The lowest BCUT2D eigenvalue weighted by atomic mass is 10.1. The Morgan fingerprint density at radius 3 is 2.60 bits per heavy atom. The normalized spacial score (nSPS) is 12.8. The van der Waals surface area contributed by atoms with Crippen molar-refractivity contribution in [1.29, 1.82) is 0 Å². The minimum absolute atomic E-state index is 0.0564. The third-order valence-corrected chi connectivity index (χ3v) is 3.65. The van der Waals surface area contributed by atoms with Crippen LogP contribution in [-0.4, -0.2) is 9.55 Å². The largest absolute Gasteiger partial charge is 0.369 e. The average molecular weight is 290 g/mol. The van der Waals surface area contributed by atoms with Gasteiger partial charge < -0.3 is 10.3 Å². The third kappa shape index (κ3) is 2.12. The Hall–Kier alpha value is -2.07. The zero-order valence-electron chi connectivity index (χ0n) is 10.8. The van der Waals surface area contributed by atoms with Crippen LogP contribution in [0.3, 0.4) is 0 Å². The Kier molecular flexibility index (Phi) is 3.10. The van der Waals surface area contributed by atoms with E-state index in [4.69, 9.17) is 17.3 Å². The summed E-state index contributed by atoms with van der Waals surface area (Å²) in [6.07, 6.45) is 0. The molecule has 0 aliphatic heterocycles. The van der Waals surface area contributed by atoms with Gasteiger partial charge in [-0.25, -0.2) is 9.37 Å². The predicted molar refractivity (Wildman–Crippen MR) is 79.4 cm³/mol. The second kappa shape index (κ2) is 4.80. The minimum atomic E-state index is -0.257. The lowest BCUT2D eigenvalue weighted by Crippen LogP contribution is -2.10. The number of rotatable bonds is 2. The quantitative estimate of drug-likeness (QED) is 0.774. The van der Waals surface area contributed by atoms with Gasteiger partial charge in [-0.2, -0.15) is 0 Å². The summed E-state index contributed by atoms with van der Waals surface area (Å²) < 4.78 is 14.9. The maximum Gasteiger partial charge on any atom is 0.201 e. The highest BCUT2D eigenvalue weighted by Crippen LogP contribution is 2.28. The highest BCUT2D eigenvalue weighted by atomic mass is 35.5. The van der Waals surface area contributed by atoms with Gasteiger partial charge in [0.05, 0.1) is 17.1 Å². The monoisotopic (exact) mass is 289 g/mol. The van der Waals surface area contributed by atoms with Gasteiger partial charge in [-0.3, -0.25) is 0 Å². The van der Waals surface area contributed by atoms with Crippen molar-refractivity contribution in [3.63, 3.8) is 0 Å². The summed E-state index contributed by atoms with van der Waals surface area (Å²) in [5, 5.41) is 0.630. The number of imidazole rings is 1. The number of anilines is 1. The molecular formula is C15H13ClFN3. The zero-order chi connectivity index (χ0) is 14.3. The van der Waals surface area contributed by atoms with E-state index in [-0.39, 0.29) is 11.9 Å². The summed E-state index contributed by atoms with van der Waals surface area (Å²) in [5.41, 5.74) is 8.62. The van der Waals surface area contributed by atoms with Gasteiger partial charge in [-0.05, 0) is 42.8 Å². The van der Waals surface area contributed by atoms with Crippen LogP contribution < -0.4 is 5.73 Å². The molecule has 102 valence electrons. The van der Waals surface area contributed by atoms with E-state index in [9.17, 15) is 4.39 Å². The molecule has 1 atom stereocenters. The van der Waals surface area contributed by atoms with Crippen molar-refractivity contribution in [2.45, 2.75) is 13.0 Å². The fraction of sp³-hybridized carbons (Fsp3) is 0.133. The number of nitrogens with two attached hydrogens (primary N) is 1. The molecule has 0 aliphatic rings. The highest BCUT2D eigenvalue weighted by molar-refractivity contribution is 6.31. The van der Waals surface area contributed by atoms with E-state index in [1.54, 1.807) is 18.2 Å². The van der Waals surface area contributed by atoms with Crippen LogP contribution in [0, 0.1) is 5.82 Å². The predicted octanol–water partition coefficient (Wildman–Crippen LogP) is 4.02. The van der Waals surface area contributed by atoms with Gasteiger partial charge in [0.25, 0.3) is 0 Å². The zero-order valence-corrected chi connectivity index (χ0v) is 11.6. The van der Waals surface area contributed by atoms with Crippen LogP contribution in [0.5, 0.6) is 0 Å². The molecule has 0 bridgehead atoms. The van der Waals surface area contributed by atoms with E-state index in [0.29, 0.717) is 11.0 Å². The highest BCUT2D eigenvalue weighted by Gasteiger charge is 2.15. The van der Waals surface area contributed by atoms with Gasteiger partial charge in [0.2, 0.25) is 5.95 Å². The van der Waals surface area contributed by atoms with Gasteiger partial charge >= 0.3 is 0 Å². The molecule has 20 heavy (non-hydrogen) atoms. The molecule has 5 heteroatoms. The number of halogens is 2. The van der Waals surface area contributed by atoms with Crippen LogP contribution in [-0.2, 0) is 0 Å². The smallest absolute Gasteiger partial charge is 0.201 e. The van der Waals surface area contributed by atoms with Gasteiger partial charge in [-0.15, -0.1) is 0 Å². The molecule has 0 radical (unpaired) electrons. The number of benzene rings is 2. The van der Waals surface area contributed by atoms with Crippen LogP contribution in [0.15, 0.2) is 42.5 Å². The molecule has 3 aromatic rings. The molecule has 1 heterocycles. The molecule has 0 fully saturated rings. The molecular weight excluding hydrogens is 277 g/mol. The molecule has 1 aromatic heterocycles. The molecule has 0 saturated heterocycles.